The van der Waals surface area contributed by atoms with Gasteiger partial charge in [-0.3, -0.25) is 24.7 Å². The molecule has 0 spiro atoms. The topological polar surface area (TPSA) is 95.8 Å². The Morgan fingerprint density at radius 2 is 2.27 bits per heavy atom. The number of nitrogens with zero attached hydrogens (tertiary/aromatic N) is 3. The van der Waals surface area contributed by atoms with E-state index in [-0.39, 0.29) is 30.2 Å². The fourth-order valence-electron chi connectivity index (χ4n) is 2.30. The van der Waals surface area contributed by atoms with Gasteiger partial charge in [0.15, 0.2) is 0 Å². The molecule has 1 N–H and O–H groups in total. The van der Waals surface area contributed by atoms with Crippen LogP contribution in [0.5, 0.6) is 0 Å². The molecule has 2 rings (SSSR count). The summed E-state index contributed by atoms with van der Waals surface area (Å²) in [7, 11) is 1.75. The molecule has 1 aromatic rings. The first-order valence-corrected chi connectivity index (χ1v) is 6.93. The summed E-state index contributed by atoms with van der Waals surface area (Å²) in [6.07, 6.45) is 0. The molecule has 0 aromatic heterocycles. The number of nitro benzene ring substituents is 1. The lowest BCUT2D eigenvalue weighted by molar-refractivity contribution is -0.384. The van der Waals surface area contributed by atoms with Crippen LogP contribution < -0.4 is 5.32 Å². The zero-order chi connectivity index (χ0) is 16.3. The fraction of sp³-hybridized carbons (Fsp3) is 0.429. The molecule has 1 atom stereocenters. The normalized spacial score (nSPS) is 15.8. The molecule has 8 heteroatoms. The van der Waals surface area contributed by atoms with Gasteiger partial charge in [-0.2, -0.15) is 0 Å². The van der Waals surface area contributed by atoms with Gasteiger partial charge in [0.05, 0.1) is 11.5 Å². The second-order valence-electron chi connectivity index (χ2n) is 5.22. The van der Waals surface area contributed by atoms with Crippen molar-refractivity contribution in [3.8, 4) is 0 Å². The van der Waals surface area contributed by atoms with Gasteiger partial charge in [0.1, 0.15) is 0 Å². The standard InChI is InChI=1S/C14H18N4O4/c1-10(11-4-3-5-12(8-11)18(21)22)16(2)9-13(19)17-7-6-15-14(17)20/h3-5,8,10H,6-7,9H2,1-2H3,(H,15,20)/t10-/m0/s1. The van der Waals surface area contributed by atoms with E-state index in [4.69, 9.17) is 0 Å². The molecule has 0 unspecified atom stereocenters. The first-order chi connectivity index (χ1) is 10.4. The number of nitrogens with one attached hydrogen (secondary N) is 1. The van der Waals surface area contributed by atoms with Crippen molar-refractivity contribution in [3.63, 3.8) is 0 Å². The number of nitro groups is 1. The first kappa shape index (κ1) is 15.9. The lowest BCUT2D eigenvalue weighted by Crippen LogP contribution is -2.41. The zero-order valence-electron chi connectivity index (χ0n) is 12.5. The summed E-state index contributed by atoms with van der Waals surface area (Å²) in [4.78, 5) is 36.9. The number of urea groups is 1. The summed E-state index contributed by atoms with van der Waals surface area (Å²) < 4.78 is 0. The number of likely N-dealkylation sites (N-methyl/N-ethyl adjacent to an activating group) is 1. The fourth-order valence-corrected chi connectivity index (χ4v) is 2.30. The molecule has 3 amide bonds. The summed E-state index contributed by atoms with van der Waals surface area (Å²) >= 11 is 0. The zero-order valence-corrected chi connectivity index (χ0v) is 12.5. The molecule has 1 heterocycles. The number of imide groups is 1. The second-order valence-corrected chi connectivity index (χ2v) is 5.22. The number of hydrogen-bond donors (Lipinski definition) is 1. The van der Waals surface area contributed by atoms with Crippen molar-refractivity contribution in [1.82, 2.24) is 15.1 Å². The van der Waals surface area contributed by atoms with E-state index >= 15 is 0 Å². The van der Waals surface area contributed by atoms with Crippen molar-refractivity contribution >= 4 is 17.6 Å². The van der Waals surface area contributed by atoms with Gasteiger partial charge in [0.2, 0.25) is 5.91 Å². The Kier molecular flexibility index (Phi) is 4.71. The minimum absolute atomic E-state index is 0.0167. The Balaban J connectivity index is 2.04. The molecule has 1 aromatic carbocycles. The maximum atomic E-state index is 12.1. The molecule has 1 aliphatic heterocycles. The Labute approximate surface area is 127 Å². The lowest BCUT2D eigenvalue weighted by atomic mass is 10.1. The summed E-state index contributed by atoms with van der Waals surface area (Å²) in [6.45, 7) is 2.76. The summed E-state index contributed by atoms with van der Waals surface area (Å²) in [5.74, 6) is -0.283. The Hall–Kier alpha value is -2.48. The third-order valence-corrected chi connectivity index (χ3v) is 3.77. The molecule has 0 aliphatic carbocycles. The maximum absolute atomic E-state index is 12.1. The predicted octanol–water partition coefficient (Wildman–Crippen LogP) is 1.14. The van der Waals surface area contributed by atoms with E-state index in [9.17, 15) is 19.7 Å². The third-order valence-electron chi connectivity index (χ3n) is 3.77. The van der Waals surface area contributed by atoms with Crippen molar-refractivity contribution in [2.75, 3.05) is 26.7 Å². The molecule has 8 nitrogen and oxygen atoms in total. The van der Waals surface area contributed by atoms with Crippen LogP contribution in [-0.2, 0) is 4.79 Å². The van der Waals surface area contributed by atoms with Gasteiger partial charge in [-0.1, -0.05) is 12.1 Å². The highest BCUT2D eigenvalue weighted by atomic mass is 16.6. The number of hydrogen-bond acceptors (Lipinski definition) is 5. The summed E-state index contributed by atoms with van der Waals surface area (Å²) in [5.41, 5.74) is 0.762. The summed E-state index contributed by atoms with van der Waals surface area (Å²) in [6, 6.07) is 5.76. The molecule has 0 bridgehead atoms. The average Bonchev–Trinajstić information content (AvgIpc) is 2.92. The molecule has 0 saturated carbocycles. The molecule has 22 heavy (non-hydrogen) atoms. The highest BCUT2D eigenvalue weighted by molar-refractivity contribution is 5.96. The molecule has 0 radical (unpaired) electrons. The molecular formula is C14H18N4O4. The van der Waals surface area contributed by atoms with E-state index in [0.29, 0.717) is 13.1 Å². The number of benzene rings is 1. The number of carbonyl (C=O) groups excluding carboxylic acids is 2. The second kappa shape index (κ2) is 6.52. The largest absolute Gasteiger partial charge is 0.336 e. The van der Waals surface area contributed by atoms with Gasteiger partial charge >= 0.3 is 6.03 Å². The van der Waals surface area contributed by atoms with Crippen LogP contribution in [-0.4, -0.2) is 53.3 Å². The van der Waals surface area contributed by atoms with Crippen molar-refractivity contribution in [2.45, 2.75) is 13.0 Å². The first-order valence-electron chi connectivity index (χ1n) is 6.93. The highest BCUT2D eigenvalue weighted by Crippen LogP contribution is 2.22. The molecule has 1 fully saturated rings. The van der Waals surface area contributed by atoms with Gasteiger partial charge < -0.3 is 5.32 Å². The minimum Gasteiger partial charge on any atom is -0.336 e. The van der Waals surface area contributed by atoms with Crippen LogP contribution in [0, 0.1) is 10.1 Å². The van der Waals surface area contributed by atoms with Crippen LogP contribution in [0.2, 0.25) is 0 Å². The van der Waals surface area contributed by atoms with Gasteiger partial charge in [-0.05, 0) is 19.5 Å². The number of non-ortho nitro benzene ring substituents is 1. The van der Waals surface area contributed by atoms with E-state index in [1.54, 1.807) is 24.1 Å². The van der Waals surface area contributed by atoms with E-state index in [1.807, 2.05) is 6.92 Å². The highest BCUT2D eigenvalue weighted by Gasteiger charge is 2.27. The Morgan fingerprint density at radius 1 is 1.55 bits per heavy atom. The van der Waals surface area contributed by atoms with E-state index in [1.165, 1.54) is 17.0 Å². The van der Waals surface area contributed by atoms with Crippen molar-refractivity contribution in [3.05, 3.63) is 39.9 Å². The van der Waals surface area contributed by atoms with Gasteiger partial charge in [0, 0.05) is 31.3 Å². The Bertz CT molecular complexity index is 604. The molecule has 1 saturated heterocycles. The molecule has 118 valence electrons. The smallest absolute Gasteiger partial charge is 0.324 e. The number of rotatable bonds is 5. The van der Waals surface area contributed by atoms with Crippen LogP contribution in [0.15, 0.2) is 24.3 Å². The van der Waals surface area contributed by atoms with Crippen LogP contribution in [0.25, 0.3) is 0 Å². The summed E-state index contributed by atoms with van der Waals surface area (Å²) in [5, 5.41) is 13.4. The maximum Gasteiger partial charge on any atom is 0.324 e. The van der Waals surface area contributed by atoms with Crippen molar-refractivity contribution < 1.29 is 14.5 Å². The van der Waals surface area contributed by atoms with Gasteiger partial charge in [-0.15, -0.1) is 0 Å². The minimum atomic E-state index is -0.448. The van der Waals surface area contributed by atoms with Gasteiger partial charge in [0.25, 0.3) is 5.69 Å². The third kappa shape index (κ3) is 3.40. The van der Waals surface area contributed by atoms with Crippen molar-refractivity contribution in [2.24, 2.45) is 0 Å². The van der Waals surface area contributed by atoms with E-state index in [2.05, 4.69) is 5.32 Å². The molecular weight excluding hydrogens is 288 g/mol. The average molecular weight is 306 g/mol. The number of carbonyl (C=O) groups is 2. The van der Waals surface area contributed by atoms with Crippen LogP contribution in [0.3, 0.4) is 0 Å². The predicted molar refractivity (Wildman–Crippen MR) is 79.3 cm³/mol. The van der Waals surface area contributed by atoms with Crippen LogP contribution >= 0.6 is 0 Å². The monoisotopic (exact) mass is 306 g/mol. The van der Waals surface area contributed by atoms with Crippen LogP contribution in [0.4, 0.5) is 10.5 Å². The van der Waals surface area contributed by atoms with E-state index < -0.39 is 4.92 Å². The SMILES string of the molecule is C[C@@H](c1cccc([N+](=O)[O-])c1)N(C)CC(=O)N1CCNC1=O. The van der Waals surface area contributed by atoms with Crippen LogP contribution in [0.1, 0.15) is 18.5 Å². The lowest BCUT2D eigenvalue weighted by Gasteiger charge is -2.25. The molecule has 1 aliphatic rings. The van der Waals surface area contributed by atoms with Gasteiger partial charge in [-0.25, -0.2) is 4.79 Å². The quantitative estimate of drug-likeness (QED) is 0.650. The Morgan fingerprint density at radius 3 is 2.86 bits per heavy atom. The number of amides is 3. The van der Waals surface area contributed by atoms with E-state index in [0.717, 1.165) is 5.56 Å². The van der Waals surface area contributed by atoms with Crippen molar-refractivity contribution in [1.29, 1.82) is 0 Å².